The van der Waals surface area contributed by atoms with Gasteiger partial charge in [0.15, 0.2) is 0 Å². The van der Waals surface area contributed by atoms with Crippen molar-refractivity contribution in [3.05, 3.63) is 0 Å². The molecule has 1 aliphatic carbocycles. The number of carbonyl (C=O) groups is 2. The molecule has 0 aromatic rings. The number of terminal acetylenes is 1. The largest absolute Gasteiger partial charge is 0.380 e. The van der Waals surface area contributed by atoms with Gasteiger partial charge in [0.05, 0.1) is 13.2 Å². The van der Waals surface area contributed by atoms with E-state index >= 15 is 0 Å². The Hall–Kier alpha value is -1.19. The molecule has 1 fully saturated rings. The van der Waals surface area contributed by atoms with Crippen molar-refractivity contribution in [2.45, 2.75) is 104 Å². The molecule has 0 bridgehead atoms. The summed E-state index contributed by atoms with van der Waals surface area (Å²) in [4.78, 5) is 24.7. The lowest BCUT2D eigenvalue weighted by Crippen LogP contribution is -2.56. The normalized spacial score (nSPS) is 22.2. The van der Waals surface area contributed by atoms with E-state index in [0.29, 0.717) is 44.3 Å². The Morgan fingerprint density at radius 3 is 2.19 bits per heavy atom. The lowest BCUT2D eigenvalue weighted by molar-refractivity contribution is -0.128. The zero-order valence-electron chi connectivity index (χ0n) is 21.4. The smallest absolute Gasteiger partial charge is 0.221 e. The summed E-state index contributed by atoms with van der Waals surface area (Å²) in [5.74, 6) is 2.51. The molecule has 1 rings (SSSR count). The van der Waals surface area contributed by atoms with Gasteiger partial charge in [-0.1, -0.05) is 34.6 Å². The van der Waals surface area contributed by atoms with E-state index in [4.69, 9.17) is 11.2 Å². The first kappa shape index (κ1) is 28.8. The molecule has 2 N–H and O–H groups in total. The van der Waals surface area contributed by atoms with Gasteiger partial charge in [-0.3, -0.25) is 9.59 Å². The molecule has 2 amide bonds. The van der Waals surface area contributed by atoms with Crippen molar-refractivity contribution in [1.29, 1.82) is 0 Å². The highest BCUT2D eigenvalue weighted by atomic mass is 32.1. The van der Waals surface area contributed by atoms with Gasteiger partial charge in [-0.25, -0.2) is 0 Å². The van der Waals surface area contributed by atoms with Crippen molar-refractivity contribution >= 4 is 24.4 Å². The van der Waals surface area contributed by atoms with Crippen LogP contribution < -0.4 is 10.6 Å². The van der Waals surface area contributed by atoms with E-state index in [9.17, 15) is 9.59 Å². The number of amides is 2. The fraction of sp³-hybridized carbons (Fsp3) is 0.846. The Bertz CT molecular complexity index is 671. The average molecular weight is 467 g/mol. The van der Waals surface area contributed by atoms with Crippen molar-refractivity contribution < 1.29 is 14.3 Å². The number of thiol groups is 1. The molecule has 0 unspecified atom stereocenters. The Balaban J connectivity index is 2.47. The van der Waals surface area contributed by atoms with E-state index in [0.717, 1.165) is 25.7 Å². The molecule has 0 spiro atoms. The molecular weight excluding hydrogens is 420 g/mol. The quantitative estimate of drug-likeness (QED) is 0.287. The number of carbonyl (C=O) groups excluding carboxylic acids is 2. The monoisotopic (exact) mass is 466 g/mol. The van der Waals surface area contributed by atoms with Crippen LogP contribution in [0.1, 0.15) is 93.4 Å². The van der Waals surface area contributed by atoms with Gasteiger partial charge >= 0.3 is 0 Å². The maximum Gasteiger partial charge on any atom is 0.221 e. The number of hydrogen-bond donors (Lipinski definition) is 3. The molecule has 0 saturated heterocycles. The van der Waals surface area contributed by atoms with Crippen LogP contribution in [0, 0.1) is 28.6 Å². The van der Waals surface area contributed by atoms with Crippen molar-refractivity contribution in [3.63, 3.8) is 0 Å². The Kier molecular flexibility index (Phi) is 10.6. The third kappa shape index (κ3) is 9.75. The summed E-state index contributed by atoms with van der Waals surface area (Å²) in [5, 5.41) is 6.71. The molecule has 0 heterocycles. The summed E-state index contributed by atoms with van der Waals surface area (Å²) in [5.41, 5.74) is -0.672. The number of nitrogens with one attached hydrogen (secondary N) is 2. The fourth-order valence-corrected chi connectivity index (χ4v) is 4.42. The molecule has 0 aromatic heterocycles. The third-order valence-electron chi connectivity index (χ3n) is 6.90. The summed E-state index contributed by atoms with van der Waals surface area (Å²) in [6, 6.07) is 0. The maximum atomic E-state index is 12.9. The van der Waals surface area contributed by atoms with Gasteiger partial charge in [-0.05, 0) is 50.4 Å². The van der Waals surface area contributed by atoms with Crippen LogP contribution in [-0.4, -0.2) is 42.4 Å². The molecule has 5 nitrogen and oxygen atoms in total. The van der Waals surface area contributed by atoms with Crippen LogP contribution in [0.2, 0.25) is 0 Å². The first-order valence-corrected chi connectivity index (χ1v) is 12.4. The minimum Gasteiger partial charge on any atom is -0.380 e. The van der Waals surface area contributed by atoms with Crippen LogP contribution >= 0.6 is 12.6 Å². The maximum absolute atomic E-state index is 12.9. The molecule has 1 saturated carbocycles. The summed E-state index contributed by atoms with van der Waals surface area (Å²) < 4.78 is 5.98. The van der Waals surface area contributed by atoms with Gasteiger partial charge in [0.1, 0.15) is 0 Å². The van der Waals surface area contributed by atoms with E-state index in [2.05, 4.69) is 77.6 Å². The highest BCUT2D eigenvalue weighted by molar-refractivity contribution is 7.80. The first-order chi connectivity index (χ1) is 14.6. The van der Waals surface area contributed by atoms with Crippen molar-refractivity contribution in [2.75, 3.05) is 19.8 Å². The van der Waals surface area contributed by atoms with Crippen molar-refractivity contribution in [2.24, 2.45) is 16.2 Å². The minimum atomic E-state index is -0.282. The van der Waals surface area contributed by atoms with E-state index in [1.165, 1.54) is 0 Å². The van der Waals surface area contributed by atoms with E-state index < -0.39 is 0 Å². The SMILES string of the molecule is C#CCCC(=O)NCC(C)(C)COCC(C)(C)CC(=O)NC(C)(C)C1(C)CCC(S)CC1. The molecule has 0 aliphatic heterocycles. The summed E-state index contributed by atoms with van der Waals surface area (Å²) in [6.07, 6.45) is 10.8. The van der Waals surface area contributed by atoms with E-state index in [1.807, 2.05) is 0 Å². The molecule has 6 heteroatoms. The average Bonchev–Trinajstić information content (AvgIpc) is 2.65. The lowest BCUT2D eigenvalue weighted by Gasteiger charge is -2.48. The fourth-order valence-electron chi connectivity index (χ4n) is 4.16. The molecule has 184 valence electrons. The summed E-state index contributed by atoms with van der Waals surface area (Å²) in [7, 11) is 0. The summed E-state index contributed by atoms with van der Waals surface area (Å²) in [6.45, 7) is 16.3. The van der Waals surface area contributed by atoms with Crippen LogP contribution in [0.5, 0.6) is 0 Å². The van der Waals surface area contributed by atoms with Crippen LogP contribution in [0.4, 0.5) is 0 Å². The minimum absolute atomic E-state index is 0.0350. The van der Waals surface area contributed by atoms with Crippen LogP contribution in [-0.2, 0) is 14.3 Å². The lowest BCUT2D eigenvalue weighted by atomic mass is 9.64. The van der Waals surface area contributed by atoms with Gasteiger partial charge in [0, 0.05) is 42.0 Å². The Morgan fingerprint density at radius 1 is 1.06 bits per heavy atom. The topological polar surface area (TPSA) is 67.4 Å². The molecule has 1 aliphatic rings. The zero-order chi connectivity index (χ0) is 24.6. The number of rotatable bonds is 12. The van der Waals surface area contributed by atoms with Crippen molar-refractivity contribution in [3.8, 4) is 12.3 Å². The highest BCUT2D eigenvalue weighted by Crippen LogP contribution is 2.45. The van der Waals surface area contributed by atoms with E-state index in [-0.39, 0.29) is 33.6 Å². The number of ether oxygens (including phenoxy) is 1. The third-order valence-corrected chi connectivity index (χ3v) is 7.42. The first-order valence-electron chi connectivity index (χ1n) is 11.9. The van der Waals surface area contributed by atoms with E-state index in [1.54, 1.807) is 0 Å². The number of hydrogen-bond acceptors (Lipinski definition) is 4. The van der Waals surface area contributed by atoms with Crippen LogP contribution in [0.25, 0.3) is 0 Å². The molecule has 0 radical (unpaired) electrons. The van der Waals surface area contributed by atoms with Gasteiger partial charge in [-0.15, -0.1) is 12.3 Å². The Labute approximate surface area is 202 Å². The predicted molar refractivity (Wildman–Crippen MR) is 136 cm³/mol. The van der Waals surface area contributed by atoms with Crippen molar-refractivity contribution in [1.82, 2.24) is 10.6 Å². The molecular formula is C26H46N2O3S. The molecule has 32 heavy (non-hydrogen) atoms. The van der Waals surface area contributed by atoms with Gasteiger partial charge < -0.3 is 15.4 Å². The predicted octanol–water partition coefficient (Wildman–Crippen LogP) is 4.75. The second kappa shape index (κ2) is 11.8. The van der Waals surface area contributed by atoms with Gasteiger partial charge in [0.25, 0.3) is 0 Å². The second-order valence-electron chi connectivity index (χ2n) is 11.9. The van der Waals surface area contributed by atoms with Crippen LogP contribution in [0.15, 0.2) is 0 Å². The van der Waals surface area contributed by atoms with Crippen LogP contribution in [0.3, 0.4) is 0 Å². The summed E-state index contributed by atoms with van der Waals surface area (Å²) >= 11 is 4.62. The second-order valence-corrected chi connectivity index (χ2v) is 12.7. The highest BCUT2D eigenvalue weighted by Gasteiger charge is 2.44. The Morgan fingerprint density at radius 2 is 1.62 bits per heavy atom. The molecule has 0 aromatic carbocycles. The van der Waals surface area contributed by atoms with Gasteiger partial charge in [0.2, 0.25) is 11.8 Å². The zero-order valence-corrected chi connectivity index (χ0v) is 22.3. The standard InChI is InChI=1S/C26H46N2O3S/c1-9-10-11-21(29)27-17-24(4,5)19-31-18-23(2,3)16-22(30)28-25(6,7)26(8)14-12-20(32)13-15-26/h1,20,32H,10-19H2,2-8H3,(H,27,29)(H,28,30). The van der Waals surface area contributed by atoms with Gasteiger partial charge in [-0.2, -0.15) is 12.6 Å². The molecule has 0 atom stereocenters.